The molecule has 0 unspecified atom stereocenters. The van der Waals surface area contributed by atoms with Crippen LogP contribution in [-0.2, 0) is 6.42 Å². The summed E-state index contributed by atoms with van der Waals surface area (Å²) in [6.07, 6.45) is 3.08. The Bertz CT molecular complexity index is 286. The summed E-state index contributed by atoms with van der Waals surface area (Å²) >= 11 is 0. The van der Waals surface area contributed by atoms with Gasteiger partial charge in [-0.25, -0.2) is 4.79 Å². The molecular weight excluding hydrogens is 156 g/mol. The fraction of sp³-hybridized carbons (Fsp3) is 0.444. The molecule has 0 saturated carbocycles. The van der Waals surface area contributed by atoms with E-state index >= 15 is 0 Å². The van der Waals surface area contributed by atoms with Crippen molar-refractivity contribution in [3.63, 3.8) is 0 Å². The van der Waals surface area contributed by atoms with E-state index < -0.39 is 5.97 Å². The Kier molecular flexibility index (Phi) is 2.53. The third-order valence-electron chi connectivity index (χ3n) is 1.85. The Morgan fingerprint density at radius 1 is 1.67 bits per heavy atom. The number of hydrogen-bond acceptors (Lipinski definition) is 2. The SMILES string of the molecule is CCCc1occ(C(=O)O)c1C. The molecule has 0 amide bonds. The van der Waals surface area contributed by atoms with Gasteiger partial charge in [0.2, 0.25) is 0 Å². The second-order valence-corrected chi connectivity index (χ2v) is 2.75. The Hall–Kier alpha value is -1.25. The van der Waals surface area contributed by atoms with Crippen molar-refractivity contribution in [2.45, 2.75) is 26.7 Å². The summed E-state index contributed by atoms with van der Waals surface area (Å²) in [5.74, 6) is -0.131. The summed E-state index contributed by atoms with van der Waals surface area (Å²) in [6, 6.07) is 0. The Labute approximate surface area is 71.0 Å². The predicted molar refractivity (Wildman–Crippen MR) is 44.4 cm³/mol. The first kappa shape index (κ1) is 8.84. The van der Waals surface area contributed by atoms with Crippen LogP contribution in [0.5, 0.6) is 0 Å². The third-order valence-corrected chi connectivity index (χ3v) is 1.85. The second-order valence-electron chi connectivity index (χ2n) is 2.75. The minimum atomic E-state index is -0.918. The lowest BCUT2D eigenvalue weighted by Crippen LogP contribution is -1.96. The number of carboxylic acids is 1. The number of aryl methyl sites for hydroxylation is 1. The summed E-state index contributed by atoms with van der Waals surface area (Å²) in [6.45, 7) is 3.81. The van der Waals surface area contributed by atoms with Crippen LogP contribution in [0, 0.1) is 6.92 Å². The molecule has 0 aliphatic heterocycles. The van der Waals surface area contributed by atoms with Crippen LogP contribution in [0.25, 0.3) is 0 Å². The van der Waals surface area contributed by atoms with Gasteiger partial charge in [0.05, 0.1) is 0 Å². The maximum atomic E-state index is 10.6. The standard InChI is InChI=1S/C9H12O3/c1-3-4-8-6(2)7(5-12-8)9(10)11/h5H,3-4H2,1-2H3,(H,10,11). The average molecular weight is 168 g/mol. The Morgan fingerprint density at radius 2 is 2.33 bits per heavy atom. The highest BCUT2D eigenvalue weighted by atomic mass is 16.4. The van der Waals surface area contributed by atoms with E-state index in [2.05, 4.69) is 0 Å². The van der Waals surface area contributed by atoms with Crippen LogP contribution in [0.15, 0.2) is 10.7 Å². The molecule has 66 valence electrons. The molecular formula is C9H12O3. The van der Waals surface area contributed by atoms with Crippen LogP contribution >= 0.6 is 0 Å². The lowest BCUT2D eigenvalue weighted by Gasteiger charge is -1.93. The van der Waals surface area contributed by atoms with Gasteiger partial charge in [-0.05, 0) is 13.3 Å². The van der Waals surface area contributed by atoms with Crippen LogP contribution < -0.4 is 0 Å². The molecule has 0 aliphatic rings. The van der Waals surface area contributed by atoms with Gasteiger partial charge < -0.3 is 9.52 Å². The summed E-state index contributed by atoms with van der Waals surface area (Å²) in [5, 5.41) is 8.69. The molecule has 1 aromatic rings. The van der Waals surface area contributed by atoms with Gasteiger partial charge in [0.1, 0.15) is 17.6 Å². The summed E-state index contributed by atoms with van der Waals surface area (Å²) in [4.78, 5) is 10.6. The van der Waals surface area contributed by atoms with Crippen LogP contribution in [-0.4, -0.2) is 11.1 Å². The maximum absolute atomic E-state index is 10.6. The summed E-state index contributed by atoms with van der Waals surface area (Å²) in [7, 11) is 0. The van der Waals surface area contributed by atoms with E-state index in [1.165, 1.54) is 6.26 Å². The largest absolute Gasteiger partial charge is 0.478 e. The molecule has 1 N–H and O–H groups in total. The Balaban J connectivity index is 2.96. The van der Waals surface area contributed by atoms with Crippen molar-refractivity contribution in [1.29, 1.82) is 0 Å². The van der Waals surface area contributed by atoms with Gasteiger partial charge in [-0.15, -0.1) is 0 Å². The predicted octanol–water partition coefficient (Wildman–Crippen LogP) is 2.24. The van der Waals surface area contributed by atoms with E-state index in [4.69, 9.17) is 9.52 Å². The molecule has 0 aliphatic carbocycles. The highest BCUT2D eigenvalue weighted by Crippen LogP contribution is 2.17. The number of furan rings is 1. The van der Waals surface area contributed by atoms with E-state index in [0.29, 0.717) is 0 Å². The van der Waals surface area contributed by atoms with Crippen molar-refractivity contribution in [1.82, 2.24) is 0 Å². The molecule has 0 spiro atoms. The fourth-order valence-electron chi connectivity index (χ4n) is 1.14. The van der Waals surface area contributed by atoms with Gasteiger partial charge in [-0.1, -0.05) is 6.92 Å². The highest BCUT2D eigenvalue weighted by Gasteiger charge is 2.13. The minimum Gasteiger partial charge on any atom is -0.478 e. The van der Waals surface area contributed by atoms with Crippen molar-refractivity contribution in [3.8, 4) is 0 Å². The lowest BCUT2D eigenvalue weighted by molar-refractivity contribution is 0.0695. The first-order valence-corrected chi connectivity index (χ1v) is 3.97. The van der Waals surface area contributed by atoms with Crippen LogP contribution in [0.3, 0.4) is 0 Å². The first-order chi connectivity index (χ1) is 5.66. The first-order valence-electron chi connectivity index (χ1n) is 3.97. The molecule has 0 atom stereocenters. The van der Waals surface area contributed by atoms with Crippen LogP contribution in [0.4, 0.5) is 0 Å². The monoisotopic (exact) mass is 168 g/mol. The third kappa shape index (κ3) is 1.49. The molecule has 3 nitrogen and oxygen atoms in total. The molecule has 0 saturated heterocycles. The molecule has 0 radical (unpaired) electrons. The number of hydrogen-bond donors (Lipinski definition) is 1. The molecule has 3 heteroatoms. The van der Waals surface area contributed by atoms with Gasteiger partial charge in [0.15, 0.2) is 0 Å². The minimum absolute atomic E-state index is 0.276. The second kappa shape index (κ2) is 3.43. The van der Waals surface area contributed by atoms with E-state index in [1.807, 2.05) is 6.92 Å². The van der Waals surface area contributed by atoms with Gasteiger partial charge in [0, 0.05) is 12.0 Å². The highest BCUT2D eigenvalue weighted by molar-refractivity contribution is 5.89. The number of rotatable bonds is 3. The normalized spacial score (nSPS) is 10.2. The van der Waals surface area contributed by atoms with Crippen LogP contribution in [0.1, 0.15) is 35.0 Å². The molecule has 0 bridgehead atoms. The molecule has 1 rings (SSSR count). The number of aromatic carboxylic acids is 1. The van der Waals surface area contributed by atoms with Crippen molar-refractivity contribution in [3.05, 3.63) is 23.2 Å². The summed E-state index contributed by atoms with van der Waals surface area (Å²) in [5.41, 5.74) is 1.03. The summed E-state index contributed by atoms with van der Waals surface area (Å²) < 4.78 is 5.12. The molecule has 0 aromatic carbocycles. The van der Waals surface area contributed by atoms with E-state index in [9.17, 15) is 4.79 Å². The molecule has 12 heavy (non-hydrogen) atoms. The quantitative estimate of drug-likeness (QED) is 0.752. The fourth-order valence-corrected chi connectivity index (χ4v) is 1.14. The van der Waals surface area contributed by atoms with Gasteiger partial charge >= 0.3 is 5.97 Å². The lowest BCUT2D eigenvalue weighted by atomic mass is 10.1. The van der Waals surface area contributed by atoms with Crippen molar-refractivity contribution in [2.24, 2.45) is 0 Å². The van der Waals surface area contributed by atoms with Gasteiger partial charge in [-0.3, -0.25) is 0 Å². The van der Waals surface area contributed by atoms with Crippen molar-refractivity contribution in [2.75, 3.05) is 0 Å². The molecule has 0 fully saturated rings. The topological polar surface area (TPSA) is 50.4 Å². The Morgan fingerprint density at radius 3 is 2.75 bits per heavy atom. The van der Waals surface area contributed by atoms with Crippen molar-refractivity contribution < 1.29 is 14.3 Å². The number of carboxylic acid groups (broad SMARTS) is 1. The number of carbonyl (C=O) groups is 1. The van der Waals surface area contributed by atoms with Gasteiger partial charge in [-0.2, -0.15) is 0 Å². The molecule has 1 heterocycles. The zero-order valence-electron chi connectivity index (χ0n) is 7.26. The average Bonchev–Trinajstić information content (AvgIpc) is 2.34. The van der Waals surface area contributed by atoms with E-state index in [0.717, 1.165) is 24.2 Å². The van der Waals surface area contributed by atoms with Gasteiger partial charge in [0.25, 0.3) is 0 Å². The van der Waals surface area contributed by atoms with E-state index in [1.54, 1.807) is 6.92 Å². The van der Waals surface area contributed by atoms with Crippen molar-refractivity contribution >= 4 is 5.97 Å². The zero-order valence-corrected chi connectivity index (χ0v) is 7.26. The maximum Gasteiger partial charge on any atom is 0.339 e. The zero-order chi connectivity index (χ0) is 9.14. The van der Waals surface area contributed by atoms with Crippen LogP contribution in [0.2, 0.25) is 0 Å². The molecule has 1 aromatic heterocycles. The smallest absolute Gasteiger partial charge is 0.339 e. The van der Waals surface area contributed by atoms with E-state index in [-0.39, 0.29) is 5.56 Å².